The van der Waals surface area contributed by atoms with Gasteiger partial charge in [-0.25, -0.2) is 9.59 Å². The first-order valence-electron chi connectivity index (χ1n) is 9.54. The number of aliphatic hydroxyl groups is 1. The van der Waals surface area contributed by atoms with Gasteiger partial charge in [-0.3, -0.25) is 0 Å². The minimum atomic E-state index is -1.02. The highest BCUT2D eigenvalue weighted by atomic mass is 16.5. The molecule has 0 heterocycles. The number of hydrogen-bond donors (Lipinski definition) is 2. The summed E-state index contributed by atoms with van der Waals surface area (Å²) < 4.78 is 10.8. The fraction of sp³-hybridized carbons (Fsp3) is 0.455. The standard InChI is InChI=1S/C22H30O6/c1-17(2)22(26)28-14-8-6-4-3-5-7-13-27-20-11-9-18(10-12-21(24)25)15-19(20)16-23/h9-12,15,23H,1,3-8,13-14,16H2,2H3,(H,24,25)/b12-10+. The van der Waals surface area contributed by atoms with Gasteiger partial charge in [0.25, 0.3) is 0 Å². The van der Waals surface area contributed by atoms with Crippen molar-refractivity contribution in [3.05, 3.63) is 47.6 Å². The molecular weight excluding hydrogens is 360 g/mol. The van der Waals surface area contributed by atoms with Gasteiger partial charge in [0.2, 0.25) is 0 Å². The molecule has 0 aliphatic rings. The van der Waals surface area contributed by atoms with Crippen LogP contribution in [0.1, 0.15) is 56.6 Å². The Morgan fingerprint density at radius 2 is 1.71 bits per heavy atom. The molecule has 0 fully saturated rings. The summed E-state index contributed by atoms with van der Waals surface area (Å²) in [5.41, 5.74) is 1.76. The van der Waals surface area contributed by atoms with Crippen molar-refractivity contribution in [3.63, 3.8) is 0 Å². The van der Waals surface area contributed by atoms with Crippen molar-refractivity contribution in [1.82, 2.24) is 0 Å². The van der Waals surface area contributed by atoms with Crippen molar-refractivity contribution in [3.8, 4) is 5.75 Å². The summed E-state index contributed by atoms with van der Waals surface area (Å²) in [4.78, 5) is 21.8. The number of benzene rings is 1. The Kier molecular flexibility index (Phi) is 11.3. The summed E-state index contributed by atoms with van der Waals surface area (Å²) in [6.07, 6.45) is 8.53. The lowest BCUT2D eigenvalue weighted by atomic mass is 10.1. The zero-order chi connectivity index (χ0) is 20.8. The van der Waals surface area contributed by atoms with Crippen LogP contribution in [0.3, 0.4) is 0 Å². The van der Waals surface area contributed by atoms with Gasteiger partial charge < -0.3 is 19.7 Å². The van der Waals surface area contributed by atoms with Crippen molar-refractivity contribution < 1.29 is 29.3 Å². The number of ether oxygens (including phenoxy) is 2. The van der Waals surface area contributed by atoms with Crippen LogP contribution in [0.2, 0.25) is 0 Å². The highest BCUT2D eigenvalue weighted by Crippen LogP contribution is 2.21. The summed E-state index contributed by atoms with van der Waals surface area (Å²) in [6, 6.07) is 5.23. The van der Waals surface area contributed by atoms with Crippen molar-refractivity contribution in [2.24, 2.45) is 0 Å². The van der Waals surface area contributed by atoms with E-state index in [1.165, 1.54) is 6.08 Å². The van der Waals surface area contributed by atoms with E-state index in [1.807, 2.05) is 0 Å². The summed E-state index contributed by atoms with van der Waals surface area (Å²) in [5.74, 6) is -0.724. The summed E-state index contributed by atoms with van der Waals surface area (Å²) >= 11 is 0. The van der Waals surface area contributed by atoms with E-state index in [0.717, 1.165) is 44.6 Å². The Labute approximate surface area is 166 Å². The molecule has 0 saturated carbocycles. The Balaban J connectivity index is 2.18. The highest BCUT2D eigenvalue weighted by molar-refractivity contribution is 5.87. The molecule has 0 bridgehead atoms. The van der Waals surface area contributed by atoms with Crippen LogP contribution in [0, 0.1) is 0 Å². The molecule has 0 atom stereocenters. The Bertz CT molecular complexity index is 678. The third-order valence-electron chi connectivity index (χ3n) is 4.05. The average Bonchev–Trinajstić information content (AvgIpc) is 2.67. The molecule has 1 aromatic carbocycles. The van der Waals surface area contributed by atoms with Crippen molar-refractivity contribution >= 4 is 18.0 Å². The van der Waals surface area contributed by atoms with Gasteiger partial charge in [-0.1, -0.05) is 38.3 Å². The first kappa shape index (κ1) is 23.4. The van der Waals surface area contributed by atoms with Gasteiger partial charge >= 0.3 is 11.9 Å². The number of unbranched alkanes of at least 4 members (excludes halogenated alkanes) is 5. The number of aliphatic carboxylic acids is 1. The first-order valence-corrected chi connectivity index (χ1v) is 9.54. The van der Waals surface area contributed by atoms with E-state index in [4.69, 9.17) is 14.6 Å². The van der Waals surface area contributed by atoms with Crippen LogP contribution in [0.25, 0.3) is 6.08 Å². The van der Waals surface area contributed by atoms with E-state index in [2.05, 4.69) is 6.58 Å². The summed E-state index contributed by atoms with van der Waals surface area (Å²) in [7, 11) is 0. The van der Waals surface area contributed by atoms with Crippen molar-refractivity contribution in [2.45, 2.75) is 52.1 Å². The number of hydrogen-bond acceptors (Lipinski definition) is 5. The number of rotatable bonds is 14. The molecule has 0 aromatic heterocycles. The lowest BCUT2D eigenvalue weighted by Crippen LogP contribution is -2.06. The van der Waals surface area contributed by atoms with Gasteiger partial charge in [0, 0.05) is 17.2 Å². The normalized spacial score (nSPS) is 10.8. The molecule has 0 saturated heterocycles. The number of carbonyl (C=O) groups excluding carboxylic acids is 1. The van der Waals surface area contributed by atoms with Gasteiger partial charge in [-0.05, 0) is 43.5 Å². The monoisotopic (exact) mass is 390 g/mol. The van der Waals surface area contributed by atoms with Gasteiger partial charge in [-0.2, -0.15) is 0 Å². The smallest absolute Gasteiger partial charge is 0.333 e. The third-order valence-corrected chi connectivity index (χ3v) is 4.05. The minimum Gasteiger partial charge on any atom is -0.493 e. The Morgan fingerprint density at radius 3 is 2.32 bits per heavy atom. The fourth-order valence-electron chi connectivity index (χ4n) is 2.52. The van der Waals surface area contributed by atoms with Gasteiger partial charge in [-0.15, -0.1) is 0 Å². The zero-order valence-corrected chi connectivity index (χ0v) is 16.5. The molecule has 154 valence electrons. The molecule has 0 radical (unpaired) electrons. The minimum absolute atomic E-state index is 0.167. The molecule has 6 nitrogen and oxygen atoms in total. The van der Waals surface area contributed by atoms with Gasteiger partial charge in [0.1, 0.15) is 5.75 Å². The lowest BCUT2D eigenvalue weighted by Gasteiger charge is -2.11. The molecule has 1 rings (SSSR count). The largest absolute Gasteiger partial charge is 0.493 e. The van der Waals surface area contributed by atoms with Gasteiger partial charge in [0.05, 0.1) is 19.8 Å². The predicted octanol–water partition coefficient (Wildman–Crippen LogP) is 4.12. The number of carboxylic acid groups (broad SMARTS) is 1. The fourth-order valence-corrected chi connectivity index (χ4v) is 2.52. The van der Waals surface area contributed by atoms with Crippen molar-refractivity contribution in [2.75, 3.05) is 13.2 Å². The topological polar surface area (TPSA) is 93.1 Å². The quantitative estimate of drug-likeness (QED) is 0.282. The van der Waals surface area contributed by atoms with Crippen LogP contribution in [-0.4, -0.2) is 35.4 Å². The second-order valence-corrected chi connectivity index (χ2v) is 6.58. The lowest BCUT2D eigenvalue weighted by molar-refractivity contribution is -0.139. The van der Waals surface area contributed by atoms with Crippen LogP contribution in [0.4, 0.5) is 0 Å². The molecule has 0 aliphatic heterocycles. The first-order chi connectivity index (χ1) is 13.4. The average molecular weight is 390 g/mol. The van der Waals surface area contributed by atoms with Crippen LogP contribution in [0.5, 0.6) is 5.75 Å². The summed E-state index contributed by atoms with van der Waals surface area (Å²) in [6.45, 7) is 6.01. The molecule has 0 aliphatic carbocycles. The van der Waals surface area contributed by atoms with Crippen LogP contribution in [-0.2, 0) is 20.9 Å². The van der Waals surface area contributed by atoms with Crippen LogP contribution < -0.4 is 4.74 Å². The van der Waals surface area contributed by atoms with E-state index in [0.29, 0.717) is 35.7 Å². The molecule has 6 heteroatoms. The Morgan fingerprint density at radius 1 is 1.07 bits per heavy atom. The molecule has 0 unspecified atom stereocenters. The number of aliphatic hydroxyl groups excluding tert-OH is 1. The maximum Gasteiger partial charge on any atom is 0.333 e. The Hall–Kier alpha value is -2.60. The SMILES string of the molecule is C=C(C)C(=O)OCCCCCCCCOc1ccc(/C=C/C(=O)O)cc1CO. The molecule has 2 N–H and O–H groups in total. The second-order valence-electron chi connectivity index (χ2n) is 6.58. The van der Waals surface area contributed by atoms with Crippen molar-refractivity contribution in [1.29, 1.82) is 0 Å². The van der Waals surface area contributed by atoms with E-state index < -0.39 is 5.97 Å². The number of carbonyl (C=O) groups is 2. The molecular formula is C22H30O6. The molecule has 28 heavy (non-hydrogen) atoms. The van der Waals surface area contributed by atoms with E-state index in [1.54, 1.807) is 25.1 Å². The van der Waals surface area contributed by atoms with E-state index >= 15 is 0 Å². The predicted molar refractivity (Wildman–Crippen MR) is 108 cm³/mol. The second kappa shape index (κ2) is 13.6. The van der Waals surface area contributed by atoms with Gasteiger partial charge in [0.15, 0.2) is 0 Å². The van der Waals surface area contributed by atoms with Crippen LogP contribution >= 0.6 is 0 Å². The molecule has 1 aromatic rings. The highest BCUT2D eigenvalue weighted by Gasteiger charge is 2.04. The van der Waals surface area contributed by atoms with Crippen LogP contribution in [0.15, 0.2) is 36.4 Å². The summed E-state index contributed by atoms with van der Waals surface area (Å²) in [5, 5.41) is 18.1. The number of esters is 1. The van der Waals surface area contributed by atoms with E-state index in [-0.39, 0.29) is 12.6 Å². The zero-order valence-electron chi connectivity index (χ0n) is 16.5. The molecule has 0 amide bonds. The number of carboxylic acids is 1. The molecule has 0 spiro atoms. The maximum atomic E-state index is 11.2. The third kappa shape index (κ3) is 9.92. The van der Waals surface area contributed by atoms with E-state index in [9.17, 15) is 14.7 Å². The maximum absolute atomic E-state index is 11.2.